The highest BCUT2D eigenvalue weighted by Gasteiger charge is 2.22. The number of ether oxygens (including phenoxy) is 1. The number of hydrogen-bond donors (Lipinski definition) is 1. The summed E-state index contributed by atoms with van der Waals surface area (Å²) >= 11 is 1.72. The molecule has 1 saturated heterocycles. The number of nitrogens with zero attached hydrogens (tertiary/aromatic N) is 2. The number of thiazole rings is 1. The molecule has 2 aromatic rings. The van der Waals surface area contributed by atoms with Crippen LogP contribution in [0.15, 0.2) is 18.2 Å². The van der Waals surface area contributed by atoms with E-state index in [1.54, 1.807) is 11.3 Å². The molecule has 3 rings (SSSR count). The standard InChI is InChI=1S/C14H19N3OS/c1-2-18-11-4-3-7-17(9-11)14-16-12-6-5-10(15)8-13(12)19-14/h5-6,8,11H,2-4,7,9,15H2,1H3. The van der Waals surface area contributed by atoms with E-state index in [4.69, 9.17) is 15.5 Å². The summed E-state index contributed by atoms with van der Waals surface area (Å²) in [6, 6.07) is 5.90. The fraction of sp³-hybridized carbons (Fsp3) is 0.500. The van der Waals surface area contributed by atoms with Crippen LogP contribution in [0.2, 0.25) is 0 Å². The Labute approximate surface area is 117 Å². The van der Waals surface area contributed by atoms with Crippen LogP contribution in [0.1, 0.15) is 19.8 Å². The molecular formula is C14H19N3OS. The maximum absolute atomic E-state index is 5.82. The van der Waals surface area contributed by atoms with E-state index >= 15 is 0 Å². The summed E-state index contributed by atoms with van der Waals surface area (Å²) in [6.45, 7) is 4.86. The lowest BCUT2D eigenvalue weighted by molar-refractivity contribution is 0.0527. The predicted octanol–water partition coefficient (Wildman–Crippen LogP) is 2.88. The highest BCUT2D eigenvalue weighted by Crippen LogP contribution is 2.31. The first-order valence-electron chi connectivity index (χ1n) is 6.79. The highest BCUT2D eigenvalue weighted by atomic mass is 32.1. The van der Waals surface area contributed by atoms with Crippen LogP contribution >= 0.6 is 11.3 Å². The van der Waals surface area contributed by atoms with Gasteiger partial charge in [0, 0.05) is 25.4 Å². The van der Waals surface area contributed by atoms with Crippen molar-refractivity contribution in [2.24, 2.45) is 0 Å². The summed E-state index contributed by atoms with van der Waals surface area (Å²) in [5.41, 5.74) is 7.65. The second-order valence-electron chi connectivity index (χ2n) is 4.89. The SMILES string of the molecule is CCOC1CCCN(c2nc3ccc(N)cc3s2)C1. The van der Waals surface area contributed by atoms with Crippen molar-refractivity contribution in [2.45, 2.75) is 25.9 Å². The van der Waals surface area contributed by atoms with Crippen LogP contribution in [0.5, 0.6) is 0 Å². The van der Waals surface area contributed by atoms with Crippen molar-refractivity contribution < 1.29 is 4.74 Å². The third kappa shape index (κ3) is 2.67. The molecule has 0 amide bonds. The molecule has 5 heteroatoms. The van der Waals surface area contributed by atoms with Gasteiger partial charge >= 0.3 is 0 Å². The zero-order chi connectivity index (χ0) is 13.2. The molecule has 19 heavy (non-hydrogen) atoms. The number of aromatic nitrogens is 1. The molecule has 0 bridgehead atoms. The van der Waals surface area contributed by atoms with Crippen LogP contribution in [0.3, 0.4) is 0 Å². The lowest BCUT2D eigenvalue weighted by atomic mass is 10.1. The third-order valence-corrected chi connectivity index (χ3v) is 4.53. The number of benzene rings is 1. The first kappa shape index (κ1) is 12.7. The van der Waals surface area contributed by atoms with Crippen molar-refractivity contribution in [3.05, 3.63) is 18.2 Å². The zero-order valence-electron chi connectivity index (χ0n) is 11.1. The predicted molar refractivity (Wildman–Crippen MR) is 80.9 cm³/mol. The second kappa shape index (κ2) is 5.35. The average Bonchev–Trinajstić information content (AvgIpc) is 2.82. The van der Waals surface area contributed by atoms with Crippen molar-refractivity contribution in [3.63, 3.8) is 0 Å². The summed E-state index contributed by atoms with van der Waals surface area (Å²) in [6.07, 6.45) is 2.67. The Morgan fingerprint density at radius 2 is 2.42 bits per heavy atom. The number of piperidine rings is 1. The minimum Gasteiger partial charge on any atom is -0.399 e. The van der Waals surface area contributed by atoms with Gasteiger partial charge in [-0.1, -0.05) is 11.3 Å². The van der Waals surface area contributed by atoms with Gasteiger partial charge < -0.3 is 15.4 Å². The van der Waals surface area contributed by atoms with Gasteiger partial charge in [-0.2, -0.15) is 0 Å². The van der Waals surface area contributed by atoms with Gasteiger partial charge in [-0.3, -0.25) is 0 Å². The van der Waals surface area contributed by atoms with E-state index in [1.807, 2.05) is 18.2 Å². The molecule has 1 aliphatic heterocycles. The average molecular weight is 277 g/mol. The molecule has 1 aromatic carbocycles. The molecular weight excluding hydrogens is 258 g/mol. The van der Waals surface area contributed by atoms with Gasteiger partial charge in [0.2, 0.25) is 0 Å². The Kier molecular flexibility index (Phi) is 3.57. The van der Waals surface area contributed by atoms with Crippen molar-refractivity contribution in [3.8, 4) is 0 Å². The Bertz CT molecular complexity index is 567. The van der Waals surface area contributed by atoms with Crippen molar-refractivity contribution in [1.82, 2.24) is 4.98 Å². The van der Waals surface area contributed by atoms with Gasteiger partial charge in [-0.25, -0.2) is 4.98 Å². The lowest BCUT2D eigenvalue weighted by Gasteiger charge is -2.32. The first-order valence-corrected chi connectivity index (χ1v) is 7.60. The highest BCUT2D eigenvalue weighted by molar-refractivity contribution is 7.22. The Hall–Kier alpha value is -1.33. The van der Waals surface area contributed by atoms with E-state index in [0.29, 0.717) is 6.10 Å². The fourth-order valence-electron chi connectivity index (χ4n) is 2.55. The molecule has 1 unspecified atom stereocenters. The summed E-state index contributed by atoms with van der Waals surface area (Å²) in [5.74, 6) is 0. The Morgan fingerprint density at radius 3 is 3.26 bits per heavy atom. The normalized spacial score (nSPS) is 20.1. The van der Waals surface area contributed by atoms with Crippen LogP contribution < -0.4 is 10.6 Å². The number of fused-ring (bicyclic) bond motifs is 1. The van der Waals surface area contributed by atoms with Crippen LogP contribution in [-0.4, -0.2) is 30.8 Å². The van der Waals surface area contributed by atoms with Gasteiger partial charge in [0.15, 0.2) is 5.13 Å². The molecule has 2 heterocycles. The largest absolute Gasteiger partial charge is 0.399 e. The number of nitrogens with two attached hydrogens (primary N) is 1. The molecule has 0 radical (unpaired) electrons. The van der Waals surface area contributed by atoms with Gasteiger partial charge in [0.05, 0.1) is 16.3 Å². The summed E-state index contributed by atoms with van der Waals surface area (Å²) < 4.78 is 6.90. The van der Waals surface area contributed by atoms with Gasteiger partial charge in [0.25, 0.3) is 0 Å². The van der Waals surface area contributed by atoms with Crippen molar-refractivity contribution in [1.29, 1.82) is 0 Å². The minimum atomic E-state index is 0.343. The van der Waals surface area contributed by atoms with Gasteiger partial charge in [-0.15, -0.1) is 0 Å². The van der Waals surface area contributed by atoms with E-state index in [-0.39, 0.29) is 0 Å². The van der Waals surface area contributed by atoms with Crippen LogP contribution in [-0.2, 0) is 4.74 Å². The molecule has 0 spiro atoms. The van der Waals surface area contributed by atoms with E-state index in [2.05, 4.69) is 11.8 Å². The second-order valence-corrected chi connectivity index (χ2v) is 5.90. The molecule has 1 fully saturated rings. The van der Waals surface area contributed by atoms with Crippen LogP contribution in [0.25, 0.3) is 10.2 Å². The number of anilines is 2. The van der Waals surface area contributed by atoms with Crippen molar-refractivity contribution >= 4 is 32.4 Å². The molecule has 1 aromatic heterocycles. The Balaban J connectivity index is 1.83. The molecule has 2 N–H and O–H groups in total. The zero-order valence-corrected chi connectivity index (χ0v) is 11.9. The maximum Gasteiger partial charge on any atom is 0.186 e. The Morgan fingerprint density at radius 1 is 1.53 bits per heavy atom. The van der Waals surface area contributed by atoms with Gasteiger partial charge in [0.1, 0.15) is 0 Å². The summed E-state index contributed by atoms with van der Waals surface area (Å²) in [4.78, 5) is 7.04. The topological polar surface area (TPSA) is 51.4 Å². The molecule has 0 aliphatic carbocycles. The van der Waals surface area contributed by atoms with E-state index in [1.165, 1.54) is 6.42 Å². The summed E-state index contributed by atoms with van der Waals surface area (Å²) in [7, 11) is 0. The van der Waals surface area contributed by atoms with Crippen LogP contribution in [0, 0.1) is 0 Å². The molecule has 1 atom stereocenters. The fourth-order valence-corrected chi connectivity index (χ4v) is 3.60. The van der Waals surface area contributed by atoms with Crippen molar-refractivity contribution in [2.75, 3.05) is 30.3 Å². The molecule has 1 aliphatic rings. The number of nitrogen functional groups attached to an aromatic ring is 1. The van der Waals surface area contributed by atoms with E-state index in [0.717, 1.165) is 47.2 Å². The minimum absolute atomic E-state index is 0.343. The summed E-state index contributed by atoms with van der Waals surface area (Å²) in [5, 5.41) is 1.09. The van der Waals surface area contributed by atoms with Gasteiger partial charge in [-0.05, 0) is 38.0 Å². The monoisotopic (exact) mass is 277 g/mol. The van der Waals surface area contributed by atoms with Crippen LogP contribution in [0.4, 0.5) is 10.8 Å². The molecule has 4 nitrogen and oxygen atoms in total. The van der Waals surface area contributed by atoms with E-state index in [9.17, 15) is 0 Å². The lowest BCUT2D eigenvalue weighted by Crippen LogP contribution is -2.39. The quantitative estimate of drug-likeness (QED) is 0.876. The maximum atomic E-state index is 5.82. The van der Waals surface area contributed by atoms with E-state index < -0.39 is 0 Å². The number of hydrogen-bond acceptors (Lipinski definition) is 5. The molecule has 102 valence electrons. The molecule has 0 saturated carbocycles. The third-order valence-electron chi connectivity index (χ3n) is 3.45. The number of rotatable bonds is 3. The smallest absolute Gasteiger partial charge is 0.186 e. The first-order chi connectivity index (χ1) is 9.26.